The third kappa shape index (κ3) is 3.38. The molecule has 2 rings (SSSR count). The number of para-hydroxylation sites is 1. The van der Waals surface area contributed by atoms with Gasteiger partial charge in [-0.25, -0.2) is 10.2 Å². The summed E-state index contributed by atoms with van der Waals surface area (Å²) >= 11 is 0. The highest BCUT2D eigenvalue weighted by Gasteiger charge is 2.15. The van der Waals surface area contributed by atoms with Gasteiger partial charge in [-0.2, -0.15) is 5.10 Å². The molecule has 0 saturated heterocycles. The van der Waals surface area contributed by atoms with Crippen molar-refractivity contribution in [1.82, 2.24) is 10.4 Å². The summed E-state index contributed by atoms with van der Waals surface area (Å²) in [6.07, 6.45) is 1.06. The molecule has 0 spiro atoms. The van der Waals surface area contributed by atoms with Crippen LogP contribution in [0.2, 0.25) is 0 Å². The fourth-order valence-electron chi connectivity index (χ4n) is 1.92. The first-order valence-corrected chi connectivity index (χ1v) is 6.46. The van der Waals surface area contributed by atoms with E-state index >= 15 is 0 Å². The van der Waals surface area contributed by atoms with Crippen LogP contribution in [0.25, 0.3) is 10.9 Å². The minimum Gasteiger partial charge on any atom is -0.443 e. The fourth-order valence-corrected chi connectivity index (χ4v) is 1.92. The van der Waals surface area contributed by atoms with Crippen LogP contribution in [-0.2, 0) is 4.74 Å². The van der Waals surface area contributed by atoms with E-state index in [-0.39, 0.29) is 0 Å². The van der Waals surface area contributed by atoms with Crippen molar-refractivity contribution >= 4 is 23.2 Å². The molecule has 0 aliphatic carbocycles. The number of hydrogen-bond acceptors (Lipinski definition) is 3. The lowest BCUT2D eigenvalue weighted by atomic mass is 10.1. The Morgan fingerprint density at radius 1 is 1.35 bits per heavy atom. The van der Waals surface area contributed by atoms with Gasteiger partial charge >= 0.3 is 6.09 Å². The molecule has 1 heterocycles. The van der Waals surface area contributed by atoms with Gasteiger partial charge in [-0.1, -0.05) is 18.2 Å². The van der Waals surface area contributed by atoms with Crippen molar-refractivity contribution in [3.63, 3.8) is 0 Å². The average molecular weight is 273 g/mol. The number of aromatic nitrogens is 1. The van der Waals surface area contributed by atoms with Crippen molar-refractivity contribution in [2.45, 2.75) is 33.3 Å². The molecular weight excluding hydrogens is 254 g/mol. The van der Waals surface area contributed by atoms with Crippen LogP contribution in [0.4, 0.5) is 4.79 Å². The van der Waals surface area contributed by atoms with Crippen LogP contribution in [-0.4, -0.2) is 22.9 Å². The summed E-state index contributed by atoms with van der Waals surface area (Å²) < 4.78 is 5.10. The average Bonchev–Trinajstić information content (AvgIpc) is 2.64. The van der Waals surface area contributed by atoms with E-state index in [2.05, 4.69) is 15.5 Å². The zero-order valence-corrected chi connectivity index (χ0v) is 12.2. The number of nitrogens with zero attached hydrogens (tertiary/aromatic N) is 1. The Balaban J connectivity index is 2.11. The zero-order chi connectivity index (χ0) is 14.8. The van der Waals surface area contributed by atoms with Gasteiger partial charge in [-0.3, -0.25) is 0 Å². The number of carbonyl (C=O) groups excluding carboxylic acids is 1. The largest absolute Gasteiger partial charge is 0.443 e. The molecule has 106 valence electrons. The molecule has 0 fully saturated rings. The molecule has 1 aromatic heterocycles. The standard InChI is InChI=1S/C15H19N3O2/c1-10-12(11-7-5-6-8-13(11)17-10)9-16-18-14(19)20-15(2,3)4/h5-9,17H,1-4H3,(H,18,19). The molecule has 5 heteroatoms. The number of ether oxygens (including phenoxy) is 1. The second kappa shape index (κ2) is 5.36. The number of aromatic amines is 1. The van der Waals surface area contributed by atoms with Crippen LogP contribution in [0.3, 0.4) is 0 Å². The molecular formula is C15H19N3O2. The Morgan fingerprint density at radius 2 is 2.05 bits per heavy atom. The quantitative estimate of drug-likeness (QED) is 0.651. The molecule has 0 atom stereocenters. The van der Waals surface area contributed by atoms with Gasteiger partial charge in [0.05, 0.1) is 6.21 Å². The summed E-state index contributed by atoms with van der Waals surface area (Å²) in [5.74, 6) is 0. The van der Waals surface area contributed by atoms with E-state index in [1.807, 2.05) is 31.2 Å². The van der Waals surface area contributed by atoms with Gasteiger partial charge in [-0.05, 0) is 33.8 Å². The molecule has 2 aromatic rings. The van der Waals surface area contributed by atoms with E-state index in [1.54, 1.807) is 27.0 Å². The van der Waals surface area contributed by atoms with Gasteiger partial charge in [-0.15, -0.1) is 0 Å². The number of nitrogens with one attached hydrogen (secondary N) is 2. The Bertz CT molecular complexity index is 651. The van der Waals surface area contributed by atoms with E-state index < -0.39 is 11.7 Å². The van der Waals surface area contributed by atoms with Gasteiger partial charge in [0.1, 0.15) is 5.60 Å². The summed E-state index contributed by atoms with van der Waals surface area (Å²) in [5, 5.41) is 5.01. The minimum absolute atomic E-state index is 0.531. The van der Waals surface area contributed by atoms with Gasteiger partial charge in [0, 0.05) is 22.2 Å². The first kappa shape index (κ1) is 14.1. The third-order valence-electron chi connectivity index (χ3n) is 2.69. The van der Waals surface area contributed by atoms with E-state index in [0.29, 0.717) is 0 Å². The molecule has 1 aromatic carbocycles. The monoisotopic (exact) mass is 273 g/mol. The predicted octanol–water partition coefficient (Wildman–Crippen LogP) is 3.33. The molecule has 0 radical (unpaired) electrons. The van der Waals surface area contributed by atoms with Crippen molar-refractivity contribution in [3.8, 4) is 0 Å². The molecule has 20 heavy (non-hydrogen) atoms. The summed E-state index contributed by atoms with van der Waals surface area (Å²) in [6, 6.07) is 7.95. The number of H-pyrrole nitrogens is 1. The summed E-state index contributed by atoms with van der Waals surface area (Å²) in [4.78, 5) is 14.7. The molecule has 2 N–H and O–H groups in total. The number of carbonyl (C=O) groups is 1. The maximum absolute atomic E-state index is 11.5. The van der Waals surface area contributed by atoms with E-state index in [1.165, 1.54) is 0 Å². The number of aryl methyl sites for hydroxylation is 1. The maximum Gasteiger partial charge on any atom is 0.428 e. The van der Waals surface area contributed by atoms with E-state index in [0.717, 1.165) is 22.2 Å². The number of fused-ring (bicyclic) bond motifs is 1. The Kier molecular flexibility index (Phi) is 3.79. The van der Waals surface area contributed by atoms with Crippen LogP contribution in [0.1, 0.15) is 32.0 Å². The van der Waals surface area contributed by atoms with Crippen LogP contribution < -0.4 is 5.43 Å². The van der Waals surface area contributed by atoms with Gasteiger partial charge < -0.3 is 9.72 Å². The number of rotatable bonds is 2. The first-order valence-electron chi connectivity index (χ1n) is 6.46. The summed E-state index contributed by atoms with van der Waals surface area (Å²) in [6.45, 7) is 7.38. The van der Waals surface area contributed by atoms with Gasteiger partial charge in [0.25, 0.3) is 0 Å². The summed E-state index contributed by atoms with van der Waals surface area (Å²) in [5.41, 5.74) is 4.83. The highest BCUT2D eigenvalue weighted by molar-refractivity contribution is 6.00. The Labute approximate surface area is 118 Å². The van der Waals surface area contributed by atoms with E-state index in [4.69, 9.17) is 4.74 Å². The highest BCUT2D eigenvalue weighted by Crippen LogP contribution is 2.19. The lowest BCUT2D eigenvalue weighted by Crippen LogP contribution is -2.29. The normalized spacial score (nSPS) is 12.0. The molecule has 0 bridgehead atoms. The number of hydrogen-bond donors (Lipinski definition) is 2. The van der Waals surface area contributed by atoms with Gasteiger partial charge in [0.2, 0.25) is 0 Å². The van der Waals surface area contributed by atoms with Crippen LogP contribution in [0.5, 0.6) is 0 Å². The van der Waals surface area contributed by atoms with Crippen LogP contribution in [0.15, 0.2) is 29.4 Å². The van der Waals surface area contributed by atoms with Crippen molar-refractivity contribution in [2.24, 2.45) is 5.10 Å². The SMILES string of the molecule is Cc1[nH]c2ccccc2c1C=NNC(=O)OC(C)(C)C. The second-order valence-corrected chi connectivity index (χ2v) is 5.58. The van der Waals surface area contributed by atoms with Crippen molar-refractivity contribution in [1.29, 1.82) is 0 Å². The molecule has 0 saturated carbocycles. The van der Waals surface area contributed by atoms with Crippen LogP contribution >= 0.6 is 0 Å². The van der Waals surface area contributed by atoms with Crippen molar-refractivity contribution in [2.75, 3.05) is 0 Å². The molecule has 0 aliphatic rings. The summed E-state index contributed by atoms with van der Waals surface area (Å²) in [7, 11) is 0. The lowest BCUT2D eigenvalue weighted by molar-refractivity contribution is 0.0529. The molecule has 0 unspecified atom stereocenters. The highest BCUT2D eigenvalue weighted by atomic mass is 16.6. The Morgan fingerprint density at radius 3 is 2.75 bits per heavy atom. The minimum atomic E-state index is -0.564. The van der Waals surface area contributed by atoms with Crippen molar-refractivity contribution < 1.29 is 9.53 Å². The number of benzene rings is 1. The fraction of sp³-hybridized carbons (Fsp3) is 0.333. The van der Waals surface area contributed by atoms with Gasteiger partial charge in [0.15, 0.2) is 0 Å². The zero-order valence-electron chi connectivity index (χ0n) is 12.2. The molecule has 0 aliphatic heterocycles. The van der Waals surface area contributed by atoms with Crippen molar-refractivity contribution in [3.05, 3.63) is 35.5 Å². The second-order valence-electron chi connectivity index (χ2n) is 5.58. The topological polar surface area (TPSA) is 66.5 Å². The number of amides is 1. The third-order valence-corrected chi connectivity index (χ3v) is 2.69. The van der Waals surface area contributed by atoms with Crippen LogP contribution in [0, 0.1) is 6.92 Å². The maximum atomic E-state index is 11.5. The first-order chi connectivity index (χ1) is 9.37. The molecule has 5 nitrogen and oxygen atoms in total. The predicted molar refractivity (Wildman–Crippen MR) is 80.0 cm³/mol. The number of hydrazone groups is 1. The van der Waals surface area contributed by atoms with E-state index in [9.17, 15) is 4.79 Å². The lowest BCUT2D eigenvalue weighted by Gasteiger charge is -2.18. The Hall–Kier alpha value is -2.30. The molecule has 1 amide bonds. The smallest absolute Gasteiger partial charge is 0.428 e.